The van der Waals surface area contributed by atoms with Crippen molar-refractivity contribution in [1.82, 2.24) is 9.97 Å². The largest absolute Gasteiger partial charge is 0.458 e. The average Bonchev–Trinajstić information content (AvgIpc) is 2.55. The minimum absolute atomic E-state index is 0.475. The van der Waals surface area contributed by atoms with E-state index in [1.165, 1.54) is 12.5 Å². The summed E-state index contributed by atoms with van der Waals surface area (Å²) in [5, 5.41) is 12.8. The summed E-state index contributed by atoms with van der Waals surface area (Å²) in [6.45, 7) is 5.33. The van der Waals surface area contributed by atoms with Crippen LogP contribution in [0.5, 0.6) is 0 Å². The summed E-state index contributed by atoms with van der Waals surface area (Å²) in [4.78, 5) is 19.6. The Morgan fingerprint density at radius 2 is 2.24 bits per heavy atom. The number of aromatic nitrogens is 2. The third-order valence-corrected chi connectivity index (χ3v) is 2.33. The first-order valence-corrected chi connectivity index (χ1v) is 5.36. The van der Waals surface area contributed by atoms with E-state index in [9.17, 15) is 9.90 Å². The van der Waals surface area contributed by atoms with Crippen LogP contribution in [0.1, 0.15) is 32.4 Å². The summed E-state index contributed by atoms with van der Waals surface area (Å²) in [6.07, 6.45) is 1.88. The van der Waals surface area contributed by atoms with Gasteiger partial charge in [-0.15, -0.1) is 0 Å². The molecule has 6 nitrogen and oxygen atoms in total. The molecule has 0 radical (unpaired) electrons. The quantitative estimate of drug-likeness (QED) is 0.697. The van der Waals surface area contributed by atoms with Gasteiger partial charge in [-0.3, -0.25) is 0 Å². The summed E-state index contributed by atoms with van der Waals surface area (Å²) in [5.41, 5.74) is -0.0674. The van der Waals surface area contributed by atoms with Gasteiger partial charge >= 0.3 is 5.97 Å². The number of hydrogen-bond acceptors (Lipinski definition) is 6. The molecule has 0 spiro atoms. The number of aliphatic hydroxyl groups excluding tert-OH is 1. The van der Waals surface area contributed by atoms with E-state index in [1.807, 2.05) is 0 Å². The Morgan fingerprint density at radius 3 is 2.82 bits per heavy atom. The van der Waals surface area contributed by atoms with Crippen molar-refractivity contribution in [2.75, 3.05) is 5.32 Å². The van der Waals surface area contributed by atoms with Gasteiger partial charge in [0.25, 0.3) is 0 Å². The van der Waals surface area contributed by atoms with Gasteiger partial charge in [-0.2, -0.15) is 0 Å². The Hall–Kier alpha value is -1.69. The minimum Gasteiger partial charge on any atom is -0.458 e. The maximum Gasteiger partial charge on any atom is 0.332 e. The van der Waals surface area contributed by atoms with E-state index in [0.717, 1.165) is 0 Å². The normalized spacial score (nSPS) is 22.8. The fourth-order valence-electron chi connectivity index (χ4n) is 1.64. The van der Waals surface area contributed by atoms with Crippen LogP contribution < -0.4 is 5.32 Å². The van der Waals surface area contributed by atoms with Crippen LogP contribution in [0, 0.1) is 0 Å². The van der Waals surface area contributed by atoms with Crippen LogP contribution in [0.25, 0.3) is 0 Å². The molecule has 0 saturated carbocycles. The number of nitrogens with zero attached hydrogens (tertiary/aromatic N) is 2. The maximum atomic E-state index is 11.8. The van der Waals surface area contributed by atoms with Crippen molar-refractivity contribution in [3.8, 4) is 0 Å². The molecule has 0 amide bonds. The molecule has 92 valence electrons. The molecule has 1 aromatic heterocycles. The van der Waals surface area contributed by atoms with E-state index in [0.29, 0.717) is 11.4 Å². The summed E-state index contributed by atoms with van der Waals surface area (Å²) in [7, 11) is 0. The molecule has 1 aliphatic rings. The van der Waals surface area contributed by atoms with Gasteiger partial charge < -0.3 is 15.2 Å². The lowest BCUT2D eigenvalue weighted by atomic mass is 10.1. The highest BCUT2D eigenvalue weighted by Crippen LogP contribution is 2.32. The van der Waals surface area contributed by atoms with E-state index in [-0.39, 0.29) is 0 Å². The number of hydrogen-bond donors (Lipinski definition) is 2. The van der Waals surface area contributed by atoms with Crippen LogP contribution >= 0.6 is 0 Å². The van der Waals surface area contributed by atoms with Gasteiger partial charge in [0.1, 0.15) is 23.9 Å². The van der Waals surface area contributed by atoms with Gasteiger partial charge in [0, 0.05) is 11.8 Å². The molecular formula is C11H15N3O3. The Bertz CT molecular complexity index is 442. The van der Waals surface area contributed by atoms with Crippen molar-refractivity contribution < 1.29 is 14.6 Å². The summed E-state index contributed by atoms with van der Waals surface area (Å²) in [6, 6.07) is -0.819. The number of ether oxygens (including phenoxy) is 1. The predicted molar refractivity (Wildman–Crippen MR) is 60.2 cm³/mol. The zero-order valence-electron chi connectivity index (χ0n) is 9.97. The zero-order chi connectivity index (χ0) is 12.6. The van der Waals surface area contributed by atoms with Crippen molar-refractivity contribution in [3.05, 3.63) is 18.1 Å². The van der Waals surface area contributed by atoms with Crippen LogP contribution in [0.2, 0.25) is 0 Å². The Morgan fingerprint density at radius 1 is 1.53 bits per heavy atom. The second-order valence-electron chi connectivity index (χ2n) is 4.93. The van der Waals surface area contributed by atoms with E-state index < -0.39 is 23.7 Å². The van der Waals surface area contributed by atoms with E-state index in [1.54, 1.807) is 20.8 Å². The third kappa shape index (κ3) is 2.36. The molecule has 0 saturated heterocycles. The van der Waals surface area contributed by atoms with Crippen LogP contribution in [0.3, 0.4) is 0 Å². The molecule has 6 heteroatoms. The second-order valence-corrected chi connectivity index (χ2v) is 4.93. The van der Waals surface area contributed by atoms with E-state index in [2.05, 4.69) is 15.3 Å². The number of anilines is 1. The van der Waals surface area contributed by atoms with Gasteiger partial charge in [-0.1, -0.05) is 0 Å². The highest BCUT2D eigenvalue weighted by molar-refractivity contribution is 5.83. The van der Waals surface area contributed by atoms with Crippen molar-refractivity contribution in [3.63, 3.8) is 0 Å². The standard InChI is InChI=1S/C11H15N3O3/c1-11(2,3)17-10(16)7-8(15)6-4-12-5-13-9(6)14-7/h4-5,7-8,15H,1-3H3,(H,12,13,14). The number of nitrogens with one attached hydrogen (secondary N) is 1. The topological polar surface area (TPSA) is 84.3 Å². The zero-order valence-corrected chi connectivity index (χ0v) is 9.97. The van der Waals surface area contributed by atoms with Gasteiger partial charge in [0.15, 0.2) is 6.04 Å². The third-order valence-electron chi connectivity index (χ3n) is 2.33. The van der Waals surface area contributed by atoms with Gasteiger partial charge in [0.05, 0.1) is 0 Å². The highest BCUT2D eigenvalue weighted by atomic mass is 16.6. The first kappa shape index (κ1) is 11.8. The van der Waals surface area contributed by atoms with Crippen LogP contribution in [-0.2, 0) is 9.53 Å². The fraction of sp³-hybridized carbons (Fsp3) is 0.545. The number of esters is 1. The van der Waals surface area contributed by atoms with Crippen molar-refractivity contribution in [1.29, 1.82) is 0 Å². The lowest BCUT2D eigenvalue weighted by molar-refractivity contribution is -0.158. The van der Waals surface area contributed by atoms with E-state index in [4.69, 9.17) is 4.74 Å². The molecule has 0 bridgehead atoms. The highest BCUT2D eigenvalue weighted by Gasteiger charge is 2.39. The Kier molecular flexibility index (Phi) is 2.74. The molecular weight excluding hydrogens is 222 g/mol. The minimum atomic E-state index is -0.971. The van der Waals surface area contributed by atoms with Crippen LogP contribution in [-0.4, -0.2) is 32.7 Å². The fourth-order valence-corrected chi connectivity index (χ4v) is 1.64. The second kappa shape index (κ2) is 3.96. The Labute approximate surface area is 99.0 Å². The predicted octanol–water partition coefficient (Wildman–Crippen LogP) is 0.646. The summed E-state index contributed by atoms with van der Waals surface area (Å²) in [5.74, 6) is -0.0219. The molecule has 17 heavy (non-hydrogen) atoms. The van der Waals surface area contributed by atoms with Crippen molar-refractivity contribution >= 4 is 11.8 Å². The number of aliphatic hydroxyl groups is 1. The lowest BCUT2D eigenvalue weighted by Crippen LogP contribution is -2.37. The molecule has 1 aromatic rings. The van der Waals surface area contributed by atoms with Gasteiger partial charge in [-0.05, 0) is 20.8 Å². The van der Waals surface area contributed by atoms with Crippen molar-refractivity contribution in [2.24, 2.45) is 0 Å². The molecule has 2 unspecified atom stereocenters. The monoisotopic (exact) mass is 237 g/mol. The number of carbonyl (C=O) groups is 1. The molecule has 0 aliphatic carbocycles. The molecule has 2 heterocycles. The molecule has 2 N–H and O–H groups in total. The molecule has 1 aliphatic heterocycles. The smallest absolute Gasteiger partial charge is 0.332 e. The first-order valence-electron chi connectivity index (χ1n) is 5.36. The molecule has 2 rings (SSSR count). The van der Waals surface area contributed by atoms with Gasteiger partial charge in [0.2, 0.25) is 0 Å². The SMILES string of the molecule is CC(C)(C)OC(=O)C1Nc2ncncc2C1O. The summed E-state index contributed by atoms with van der Waals surface area (Å²) < 4.78 is 5.21. The lowest BCUT2D eigenvalue weighted by Gasteiger charge is -2.23. The van der Waals surface area contributed by atoms with Crippen LogP contribution in [0.15, 0.2) is 12.5 Å². The summed E-state index contributed by atoms with van der Waals surface area (Å²) >= 11 is 0. The van der Waals surface area contributed by atoms with E-state index >= 15 is 0 Å². The number of fused-ring (bicyclic) bond motifs is 1. The number of rotatable bonds is 1. The van der Waals surface area contributed by atoms with Gasteiger partial charge in [-0.25, -0.2) is 14.8 Å². The molecule has 0 aromatic carbocycles. The average molecular weight is 237 g/mol. The number of carbonyl (C=O) groups excluding carboxylic acids is 1. The molecule has 0 fully saturated rings. The van der Waals surface area contributed by atoms with Crippen LogP contribution in [0.4, 0.5) is 5.82 Å². The van der Waals surface area contributed by atoms with Crippen molar-refractivity contribution in [2.45, 2.75) is 38.5 Å². The first-order chi connectivity index (χ1) is 7.88. The molecule has 2 atom stereocenters. The maximum absolute atomic E-state index is 11.8. The Balaban J connectivity index is 2.15.